The molecule has 0 amide bonds. The van der Waals surface area contributed by atoms with Crippen molar-refractivity contribution in [3.8, 4) is 0 Å². The van der Waals surface area contributed by atoms with Gasteiger partial charge in [-0.3, -0.25) is 9.48 Å². The summed E-state index contributed by atoms with van der Waals surface area (Å²) in [5, 5.41) is 5.43. The lowest BCUT2D eigenvalue weighted by Gasteiger charge is -2.02. The van der Waals surface area contributed by atoms with Gasteiger partial charge in [-0.1, -0.05) is 6.92 Å². The molecule has 0 aliphatic rings. The summed E-state index contributed by atoms with van der Waals surface area (Å²) in [6.07, 6.45) is 0.751. The highest BCUT2D eigenvalue weighted by atomic mass is 32.2. The molecule has 18 heavy (non-hydrogen) atoms. The quantitative estimate of drug-likeness (QED) is 0.692. The first-order valence-electron chi connectivity index (χ1n) is 5.37. The summed E-state index contributed by atoms with van der Waals surface area (Å²) in [6, 6.07) is 1.23. The van der Waals surface area contributed by atoms with Crippen molar-refractivity contribution in [1.82, 2.24) is 19.7 Å². The molecular formula is C10H14N6OS. The van der Waals surface area contributed by atoms with E-state index in [1.807, 2.05) is 6.92 Å². The molecule has 0 aromatic carbocycles. The van der Waals surface area contributed by atoms with Crippen LogP contribution in [0, 0.1) is 0 Å². The van der Waals surface area contributed by atoms with E-state index >= 15 is 0 Å². The highest BCUT2D eigenvalue weighted by Gasteiger charge is 2.14. The Balaban J connectivity index is 2.39. The first-order chi connectivity index (χ1) is 8.51. The maximum absolute atomic E-state index is 11.3. The van der Waals surface area contributed by atoms with Gasteiger partial charge in [-0.05, 0) is 18.2 Å². The molecule has 96 valence electrons. The van der Waals surface area contributed by atoms with E-state index in [1.54, 1.807) is 11.7 Å². The lowest BCUT2D eigenvalue weighted by atomic mass is 10.3. The molecule has 2 rings (SSSR count). The second-order valence-electron chi connectivity index (χ2n) is 3.72. The average molecular weight is 266 g/mol. The Morgan fingerprint density at radius 1 is 1.50 bits per heavy atom. The van der Waals surface area contributed by atoms with Crippen molar-refractivity contribution in [1.29, 1.82) is 0 Å². The molecule has 0 radical (unpaired) electrons. The van der Waals surface area contributed by atoms with Crippen LogP contribution in [-0.4, -0.2) is 19.7 Å². The molecule has 0 atom stereocenters. The predicted octanol–water partition coefficient (Wildman–Crippen LogP) is 0.381. The number of aryl methyl sites for hydroxylation is 2. The molecular weight excluding hydrogens is 252 g/mol. The number of H-pyrrole nitrogens is 1. The number of nitrogens with zero attached hydrogens (tertiary/aromatic N) is 3. The zero-order chi connectivity index (χ0) is 13.3. The number of nitrogens with one attached hydrogen (secondary N) is 1. The number of nitrogens with two attached hydrogens (primary N) is 2. The summed E-state index contributed by atoms with van der Waals surface area (Å²) in [5.74, 6) is 0.178. The molecule has 5 N–H and O–H groups in total. The van der Waals surface area contributed by atoms with Crippen molar-refractivity contribution < 1.29 is 0 Å². The molecule has 0 spiro atoms. The second kappa shape index (κ2) is 4.73. The molecule has 0 bridgehead atoms. The van der Waals surface area contributed by atoms with Gasteiger partial charge in [0.25, 0.3) is 5.56 Å². The monoisotopic (exact) mass is 266 g/mol. The summed E-state index contributed by atoms with van der Waals surface area (Å²) in [6.45, 7) is 1.98. The molecule has 0 saturated carbocycles. The first kappa shape index (κ1) is 12.5. The van der Waals surface area contributed by atoms with Crippen LogP contribution in [0.2, 0.25) is 0 Å². The topological polar surface area (TPSA) is 116 Å². The maximum Gasteiger partial charge on any atom is 0.253 e. The van der Waals surface area contributed by atoms with E-state index in [0.717, 1.165) is 17.1 Å². The summed E-state index contributed by atoms with van der Waals surface area (Å²) in [4.78, 5) is 17.9. The van der Waals surface area contributed by atoms with Crippen LogP contribution in [0.4, 0.5) is 11.5 Å². The minimum atomic E-state index is -0.290. The molecule has 2 aromatic heterocycles. The van der Waals surface area contributed by atoms with Crippen LogP contribution in [0.25, 0.3) is 0 Å². The molecule has 0 aliphatic carbocycles. The minimum absolute atomic E-state index is 0.178. The average Bonchev–Trinajstić information content (AvgIpc) is 2.55. The Labute approximate surface area is 108 Å². The minimum Gasteiger partial charge on any atom is -0.395 e. The molecule has 2 heterocycles. The number of anilines is 2. The predicted molar refractivity (Wildman–Crippen MR) is 70.4 cm³/mol. The van der Waals surface area contributed by atoms with Gasteiger partial charge in [0.1, 0.15) is 10.8 Å². The normalized spacial score (nSPS) is 10.8. The lowest BCUT2D eigenvalue weighted by molar-refractivity contribution is 0.686. The maximum atomic E-state index is 11.3. The molecule has 0 unspecified atom stereocenters. The molecule has 7 nitrogen and oxygen atoms in total. The van der Waals surface area contributed by atoms with Gasteiger partial charge in [-0.15, -0.1) is 0 Å². The second-order valence-corrected chi connectivity index (χ2v) is 4.70. The summed E-state index contributed by atoms with van der Waals surface area (Å²) >= 11 is 1.23. The molecule has 8 heteroatoms. The fourth-order valence-electron chi connectivity index (χ4n) is 1.55. The molecule has 0 aliphatic heterocycles. The van der Waals surface area contributed by atoms with Gasteiger partial charge in [-0.2, -0.15) is 5.10 Å². The Hall–Kier alpha value is -1.96. The van der Waals surface area contributed by atoms with Crippen molar-refractivity contribution in [2.75, 3.05) is 11.5 Å². The third kappa shape index (κ3) is 2.33. The Kier molecular flexibility index (Phi) is 3.28. The smallest absolute Gasteiger partial charge is 0.253 e. The Morgan fingerprint density at radius 2 is 2.22 bits per heavy atom. The summed E-state index contributed by atoms with van der Waals surface area (Å²) in [7, 11) is 1.79. The van der Waals surface area contributed by atoms with Crippen LogP contribution < -0.4 is 17.0 Å². The van der Waals surface area contributed by atoms with Gasteiger partial charge < -0.3 is 16.5 Å². The van der Waals surface area contributed by atoms with Crippen molar-refractivity contribution >= 4 is 23.3 Å². The van der Waals surface area contributed by atoms with Crippen LogP contribution in [0.15, 0.2) is 21.0 Å². The molecule has 2 aromatic rings. The zero-order valence-electron chi connectivity index (χ0n) is 10.1. The van der Waals surface area contributed by atoms with E-state index < -0.39 is 0 Å². The number of aromatic amines is 1. The first-order valence-corrected chi connectivity index (χ1v) is 6.19. The standard InChI is InChI=1S/C10H14N6OS/c1-3-5-8(12)9(16(2)15-5)18-10-13-6(11)4-7(17)14-10/h4H,3,12H2,1-2H3,(H3,11,13,14,17). The highest BCUT2D eigenvalue weighted by Crippen LogP contribution is 2.31. The third-order valence-electron chi connectivity index (χ3n) is 2.37. The van der Waals surface area contributed by atoms with Gasteiger partial charge in [0.15, 0.2) is 5.16 Å². The largest absolute Gasteiger partial charge is 0.395 e. The summed E-state index contributed by atoms with van der Waals surface area (Å²) < 4.78 is 1.67. The van der Waals surface area contributed by atoms with Gasteiger partial charge >= 0.3 is 0 Å². The van der Waals surface area contributed by atoms with Gasteiger partial charge in [0, 0.05) is 13.1 Å². The molecule has 0 saturated heterocycles. The number of hydrogen-bond donors (Lipinski definition) is 3. The Morgan fingerprint density at radius 3 is 2.78 bits per heavy atom. The van der Waals surface area contributed by atoms with Crippen molar-refractivity contribution in [3.63, 3.8) is 0 Å². The van der Waals surface area contributed by atoms with E-state index in [-0.39, 0.29) is 11.4 Å². The number of nitrogen functional groups attached to an aromatic ring is 2. The van der Waals surface area contributed by atoms with Crippen LogP contribution >= 0.6 is 11.8 Å². The van der Waals surface area contributed by atoms with Crippen LogP contribution in [0.3, 0.4) is 0 Å². The fourth-order valence-corrected chi connectivity index (χ4v) is 2.44. The van der Waals surface area contributed by atoms with Crippen LogP contribution in [0.5, 0.6) is 0 Å². The van der Waals surface area contributed by atoms with Gasteiger partial charge in [0.05, 0.1) is 11.4 Å². The summed E-state index contributed by atoms with van der Waals surface area (Å²) in [5.41, 5.74) is 12.6. The van der Waals surface area contributed by atoms with Crippen LogP contribution in [-0.2, 0) is 13.5 Å². The third-order valence-corrected chi connectivity index (χ3v) is 3.44. The van der Waals surface area contributed by atoms with E-state index in [1.165, 1.54) is 17.8 Å². The number of rotatable bonds is 3. The van der Waals surface area contributed by atoms with Crippen molar-refractivity contribution in [3.05, 3.63) is 22.1 Å². The van der Waals surface area contributed by atoms with Gasteiger partial charge in [-0.25, -0.2) is 4.98 Å². The fraction of sp³-hybridized carbons (Fsp3) is 0.300. The lowest BCUT2D eigenvalue weighted by Crippen LogP contribution is -2.09. The number of hydrogen-bond acceptors (Lipinski definition) is 6. The molecule has 0 fully saturated rings. The van der Waals surface area contributed by atoms with E-state index in [2.05, 4.69) is 15.1 Å². The van der Waals surface area contributed by atoms with Gasteiger partial charge in [0.2, 0.25) is 0 Å². The van der Waals surface area contributed by atoms with E-state index in [4.69, 9.17) is 11.5 Å². The zero-order valence-corrected chi connectivity index (χ0v) is 10.9. The highest BCUT2D eigenvalue weighted by molar-refractivity contribution is 7.99. The Bertz CT molecular complexity index is 632. The van der Waals surface area contributed by atoms with Crippen molar-refractivity contribution in [2.45, 2.75) is 23.5 Å². The SMILES string of the molecule is CCc1nn(C)c(Sc2nc(N)cc(=O)[nH]2)c1N. The van der Waals surface area contributed by atoms with E-state index in [9.17, 15) is 4.79 Å². The van der Waals surface area contributed by atoms with Crippen LogP contribution in [0.1, 0.15) is 12.6 Å². The number of aromatic nitrogens is 4. The van der Waals surface area contributed by atoms with E-state index in [0.29, 0.717) is 10.8 Å². The van der Waals surface area contributed by atoms with Crippen molar-refractivity contribution in [2.24, 2.45) is 7.05 Å².